The zero-order valence-electron chi connectivity index (χ0n) is 16.7. The first-order valence-electron chi connectivity index (χ1n) is 8.26. The minimum atomic E-state index is -0.00322. The standard InChI is InChI=1S/C17H23N5.2CNS.Fe/c1-13(15-7-5-6-8-19-15)20-11-17(3,4)10-18-9-16-14(2)21-12-22-16;2*2-1-3;/h5-9,12H,10-11H2,1-4H3,(H,21,22);;;/q;2*-1;+2. The van der Waals surface area contributed by atoms with Gasteiger partial charge in [0.1, 0.15) is 5.69 Å². The van der Waals surface area contributed by atoms with Gasteiger partial charge < -0.3 is 15.8 Å². The van der Waals surface area contributed by atoms with E-state index in [0.717, 1.165) is 22.8 Å². The molecule has 0 aliphatic heterocycles. The summed E-state index contributed by atoms with van der Waals surface area (Å²) in [6.45, 7) is 9.73. The van der Waals surface area contributed by atoms with Crippen molar-refractivity contribution in [3.63, 3.8) is 0 Å². The van der Waals surface area contributed by atoms with Gasteiger partial charge in [-0.3, -0.25) is 15.0 Å². The van der Waals surface area contributed by atoms with Gasteiger partial charge in [0.05, 0.1) is 17.7 Å². The Kier molecular flexibility index (Phi) is 16.8. The van der Waals surface area contributed by atoms with Crippen LogP contribution in [-0.2, 0) is 17.1 Å². The number of hydrogen-bond donors (Lipinski definition) is 1. The van der Waals surface area contributed by atoms with Crippen molar-refractivity contribution in [1.82, 2.24) is 15.0 Å². The summed E-state index contributed by atoms with van der Waals surface area (Å²) in [4.78, 5) is 20.7. The number of pyridine rings is 1. The van der Waals surface area contributed by atoms with E-state index < -0.39 is 0 Å². The van der Waals surface area contributed by atoms with Crippen molar-refractivity contribution in [2.75, 3.05) is 13.1 Å². The summed E-state index contributed by atoms with van der Waals surface area (Å²) in [6.07, 6.45) is 5.29. The van der Waals surface area contributed by atoms with E-state index in [-0.39, 0.29) is 22.5 Å². The van der Waals surface area contributed by atoms with Crippen molar-refractivity contribution >= 4 is 46.7 Å². The van der Waals surface area contributed by atoms with Crippen LogP contribution in [-0.4, -0.2) is 50.3 Å². The molecular weight excluding hydrogens is 446 g/mol. The van der Waals surface area contributed by atoms with Crippen LogP contribution >= 0.6 is 24.4 Å². The van der Waals surface area contributed by atoms with Crippen molar-refractivity contribution in [2.24, 2.45) is 15.4 Å². The second-order valence-electron chi connectivity index (χ2n) is 6.35. The van der Waals surface area contributed by atoms with E-state index in [1.807, 2.05) is 38.3 Å². The Bertz CT molecular complexity index is 821. The first kappa shape index (κ1) is 29.0. The molecule has 0 unspecified atom stereocenters. The molecule has 0 aliphatic carbocycles. The van der Waals surface area contributed by atoms with Crippen LogP contribution in [0, 0.1) is 12.3 Å². The number of thiocarbonyl (C=S) groups is 2. The van der Waals surface area contributed by atoms with E-state index in [1.54, 1.807) is 12.5 Å². The van der Waals surface area contributed by atoms with Crippen molar-refractivity contribution in [3.8, 4) is 0 Å². The van der Waals surface area contributed by atoms with Crippen LogP contribution in [0.4, 0.5) is 0 Å². The van der Waals surface area contributed by atoms with E-state index in [9.17, 15) is 0 Å². The zero-order valence-corrected chi connectivity index (χ0v) is 19.5. The maximum atomic E-state index is 7.13. The summed E-state index contributed by atoms with van der Waals surface area (Å²) >= 11 is 7.40. The van der Waals surface area contributed by atoms with Gasteiger partial charge in [-0.25, -0.2) is 4.98 Å². The third-order valence-electron chi connectivity index (χ3n) is 3.38. The Hall–Kier alpha value is -2.18. The summed E-state index contributed by atoms with van der Waals surface area (Å²) < 4.78 is 0. The van der Waals surface area contributed by atoms with Crippen molar-refractivity contribution in [1.29, 1.82) is 0 Å². The molecule has 0 fully saturated rings. The van der Waals surface area contributed by atoms with Gasteiger partial charge in [0.15, 0.2) is 0 Å². The molecule has 0 spiro atoms. The van der Waals surface area contributed by atoms with E-state index in [0.29, 0.717) is 13.1 Å². The average Bonchev–Trinajstić information content (AvgIpc) is 3.07. The summed E-state index contributed by atoms with van der Waals surface area (Å²) in [7, 11) is 0. The number of isothiocyanates is 2. The molecule has 1 N–H and O–H groups in total. The Morgan fingerprint density at radius 2 is 1.83 bits per heavy atom. The second kappa shape index (κ2) is 16.7. The van der Waals surface area contributed by atoms with Crippen LogP contribution in [0.3, 0.4) is 0 Å². The number of imidazole rings is 1. The normalized spacial score (nSPS) is 10.4. The fourth-order valence-electron chi connectivity index (χ4n) is 1.92. The third kappa shape index (κ3) is 13.6. The van der Waals surface area contributed by atoms with Crippen LogP contribution < -0.4 is 0 Å². The average molecular weight is 469 g/mol. The van der Waals surface area contributed by atoms with Crippen molar-refractivity contribution < 1.29 is 17.1 Å². The van der Waals surface area contributed by atoms with Gasteiger partial charge in [-0.1, -0.05) is 44.3 Å². The molecule has 0 saturated heterocycles. The molecule has 2 aromatic rings. The number of rotatable bonds is 6. The van der Waals surface area contributed by atoms with Gasteiger partial charge in [-0.2, -0.15) is 10.3 Å². The molecule has 29 heavy (non-hydrogen) atoms. The monoisotopic (exact) mass is 469 g/mol. The van der Waals surface area contributed by atoms with E-state index in [2.05, 4.69) is 63.2 Å². The summed E-state index contributed by atoms with van der Waals surface area (Å²) in [5.74, 6) is 0. The van der Waals surface area contributed by atoms with Gasteiger partial charge in [-0.05, 0) is 26.0 Å². The maximum absolute atomic E-state index is 7.13. The number of aromatic amines is 1. The molecule has 0 saturated carbocycles. The number of H-pyrrole nitrogens is 1. The minimum absolute atomic E-state index is 0. The molecule has 2 heterocycles. The Morgan fingerprint density at radius 1 is 1.21 bits per heavy atom. The van der Waals surface area contributed by atoms with Crippen LogP contribution in [0.1, 0.15) is 37.9 Å². The molecule has 0 aliphatic rings. The number of aromatic nitrogens is 3. The quantitative estimate of drug-likeness (QED) is 0.384. The number of hydrogen-bond acceptors (Lipinski definition) is 6. The Morgan fingerprint density at radius 3 is 2.31 bits per heavy atom. The first-order valence-corrected chi connectivity index (χ1v) is 9.07. The molecule has 0 atom stereocenters. The molecule has 10 heteroatoms. The minimum Gasteiger partial charge on any atom is -0.753 e. The molecule has 0 amide bonds. The van der Waals surface area contributed by atoms with Crippen LogP contribution in [0.5, 0.6) is 0 Å². The van der Waals surface area contributed by atoms with Crippen LogP contribution in [0.25, 0.3) is 10.8 Å². The molecule has 0 aromatic carbocycles. The van der Waals surface area contributed by atoms with Gasteiger partial charge in [0.25, 0.3) is 0 Å². The molecular formula is C19H23FeN7S2. The smallest absolute Gasteiger partial charge is 0.753 e. The van der Waals surface area contributed by atoms with E-state index in [1.165, 1.54) is 10.3 Å². The van der Waals surface area contributed by atoms with Crippen LogP contribution in [0.2, 0.25) is 0 Å². The summed E-state index contributed by atoms with van der Waals surface area (Å²) in [5.41, 5.74) is 3.81. The number of nitrogens with one attached hydrogen (secondary N) is 1. The summed E-state index contributed by atoms with van der Waals surface area (Å²) in [6, 6.07) is 5.86. The number of aliphatic imine (C=N–C) groups is 2. The Labute approximate surface area is 193 Å². The SMILES string of the molecule is CC(=NCC(C)(C)CN=Cc1nc[nH]c1C)c1ccccn1.[Fe+2].[N-]=C=S.[N-]=C=S. The fraction of sp³-hybridized carbons (Fsp3) is 0.368. The number of nitrogens with zero attached hydrogens (tertiary/aromatic N) is 6. The Balaban J connectivity index is 0. The summed E-state index contributed by atoms with van der Waals surface area (Å²) in [5, 5.41) is 16.9. The van der Waals surface area contributed by atoms with Gasteiger partial charge in [0.2, 0.25) is 0 Å². The second-order valence-corrected chi connectivity index (χ2v) is 6.71. The van der Waals surface area contributed by atoms with Gasteiger partial charge >= 0.3 is 17.1 Å². The molecule has 2 rings (SSSR count). The molecule has 154 valence electrons. The topological polar surface area (TPSA) is 111 Å². The first-order chi connectivity index (χ1) is 13.3. The van der Waals surface area contributed by atoms with E-state index >= 15 is 0 Å². The van der Waals surface area contributed by atoms with Gasteiger partial charge in [0, 0.05) is 36.6 Å². The predicted molar refractivity (Wildman–Crippen MR) is 123 cm³/mol. The van der Waals surface area contributed by atoms with Crippen LogP contribution in [0.15, 0.2) is 40.7 Å². The maximum Gasteiger partial charge on any atom is 2.00 e. The van der Waals surface area contributed by atoms with Crippen molar-refractivity contribution in [3.05, 3.63) is 58.6 Å². The fourth-order valence-corrected chi connectivity index (χ4v) is 1.92. The molecule has 0 radical (unpaired) electrons. The molecule has 0 bridgehead atoms. The van der Waals surface area contributed by atoms with Gasteiger partial charge in [-0.15, -0.1) is 0 Å². The largest absolute Gasteiger partial charge is 2.00 e. The zero-order chi connectivity index (χ0) is 21.4. The predicted octanol–water partition coefficient (Wildman–Crippen LogP) is 4.38. The molecule has 2 aromatic heterocycles. The molecule has 7 nitrogen and oxygen atoms in total. The number of aryl methyl sites for hydroxylation is 1. The van der Waals surface area contributed by atoms with E-state index in [4.69, 9.17) is 10.8 Å². The van der Waals surface area contributed by atoms with Crippen molar-refractivity contribution in [2.45, 2.75) is 27.7 Å². The third-order valence-corrected chi connectivity index (χ3v) is 3.38.